The van der Waals surface area contributed by atoms with Gasteiger partial charge in [-0.25, -0.2) is 9.97 Å². The molecule has 0 radical (unpaired) electrons. The molecule has 2 aliphatic rings. The summed E-state index contributed by atoms with van der Waals surface area (Å²) >= 11 is 0. The summed E-state index contributed by atoms with van der Waals surface area (Å²) in [6.07, 6.45) is 9.21. The molecule has 3 rings (SSSR count). The lowest BCUT2D eigenvalue weighted by molar-refractivity contribution is 0.445. The van der Waals surface area contributed by atoms with Gasteiger partial charge in [0, 0.05) is 19.1 Å². The summed E-state index contributed by atoms with van der Waals surface area (Å²) in [5.74, 6) is 2.44. The van der Waals surface area contributed by atoms with Crippen molar-refractivity contribution in [1.82, 2.24) is 9.97 Å². The van der Waals surface area contributed by atoms with E-state index in [4.69, 9.17) is 5.73 Å². The third kappa shape index (κ3) is 2.81. The number of hydrogen-bond acceptors (Lipinski definition) is 5. The molecular weight excluding hydrogens is 250 g/mol. The molecule has 1 aliphatic carbocycles. The maximum absolute atomic E-state index is 6.31. The molecule has 1 aromatic rings. The molecule has 1 aromatic heterocycles. The van der Waals surface area contributed by atoms with Crippen LogP contribution in [0, 0.1) is 5.92 Å². The maximum Gasteiger partial charge on any atom is 0.157 e. The Morgan fingerprint density at radius 2 is 2.00 bits per heavy atom. The Labute approximate surface area is 121 Å². The molecule has 5 nitrogen and oxygen atoms in total. The zero-order valence-electron chi connectivity index (χ0n) is 12.3. The normalized spacial score (nSPS) is 24.1. The summed E-state index contributed by atoms with van der Waals surface area (Å²) in [6, 6.07) is 0.528. The smallest absolute Gasteiger partial charge is 0.157 e. The molecule has 0 amide bonds. The Hall–Kier alpha value is -1.52. The number of nitrogens with two attached hydrogens (primary N) is 1. The first kappa shape index (κ1) is 13.5. The summed E-state index contributed by atoms with van der Waals surface area (Å²) in [7, 11) is 0. The van der Waals surface area contributed by atoms with E-state index >= 15 is 0 Å². The Kier molecular flexibility index (Phi) is 3.94. The van der Waals surface area contributed by atoms with Gasteiger partial charge in [-0.05, 0) is 31.6 Å². The van der Waals surface area contributed by atoms with E-state index < -0.39 is 0 Å². The van der Waals surface area contributed by atoms with Gasteiger partial charge in [-0.3, -0.25) is 0 Å². The SMILES string of the molecule is CC1CCCN(c2ncnc(NC3CCCC3)c2N)C1. The predicted molar refractivity (Wildman–Crippen MR) is 82.9 cm³/mol. The van der Waals surface area contributed by atoms with Crippen molar-refractivity contribution in [2.24, 2.45) is 5.92 Å². The molecule has 0 bridgehead atoms. The lowest BCUT2D eigenvalue weighted by Crippen LogP contribution is -2.35. The highest BCUT2D eigenvalue weighted by Gasteiger charge is 2.22. The second-order valence-corrected chi connectivity index (χ2v) is 6.28. The number of nitrogens with zero attached hydrogens (tertiary/aromatic N) is 3. The summed E-state index contributed by atoms with van der Waals surface area (Å²) in [6.45, 7) is 4.39. The van der Waals surface area contributed by atoms with Crippen molar-refractivity contribution >= 4 is 17.3 Å². The molecule has 5 heteroatoms. The minimum absolute atomic E-state index is 0.528. The molecule has 1 unspecified atom stereocenters. The van der Waals surface area contributed by atoms with Crippen LogP contribution >= 0.6 is 0 Å². The quantitative estimate of drug-likeness (QED) is 0.887. The maximum atomic E-state index is 6.31. The Bertz CT molecular complexity index is 456. The van der Waals surface area contributed by atoms with Gasteiger partial charge < -0.3 is 16.0 Å². The minimum Gasteiger partial charge on any atom is -0.393 e. The number of nitrogens with one attached hydrogen (secondary N) is 1. The minimum atomic E-state index is 0.528. The van der Waals surface area contributed by atoms with Gasteiger partial charge in [-0.1, -0.05) is 19.8 Å². The first-order valence-corrected chi connectivity index (χ1v) is 7.86. The lowest BCUT2D eigenvalue weighted by atomic mass is 10.0. The molecule has 2 fully saturated rings. The molecule has 0 spiro atoms. The average molecular weight is 275 g/mol. The van der Waals surface area contributed by atoms with Crippen LogP contribution in [0.3, 0.4) is 0 Å². The molecule has 1 saturated heterocycles. The van der Waals surface area contributed by atoms with Crippen LogP contribution in [0.1, 0.15) is 45.4 Å². The molecule has 0 aromatic carbocycles. The third-order valence-electron chi connectivity index (χ3n) is 4.52. The Morgan fingerprint density at radius 1 is 1.20 bits per heavy atom. The molecule has 1 atom stereocenters. The molecule has 1 saturated carbocycles. The highest BCUT2D eigenvalue weighted by Crippen LogP contribution is 2.31. The topological polar surface area (TPSA) is 67.1 Å². The summed E-state index contributed by atoms with van der Waals surface area (Å²) in [4.78, 5) is 11.1. The third-order valence-corrected chi connectivity index (χ3v) is 4.52. The van der Waals surface area contributed by atoms with Crippen LogP contribution in [-0.4, -0.2) is 29.1 Å². The Morgan fingerprint density at radius 3 is 2.75 bits per heavy atom. The van der Waals surface area contributed by atoms with Gasteiger partial charge in [0.05, 0.1) is 0 Å². The van der Waals surface area contributed by atoms with Crippen molar-refractivity contribution in [3.8, 4) is 0 Å². The van der Waals surface area contributed by atoms with E-state index in [1.54, 1.807) is 6.33 Å². The molecule has 20 heavy (non-hydrogen) atoms. The fourth-order valence-corrected chi connectivity index (χ4v) is 3.40. The van der Waals surface area contributed by atoms with E-state index in [9.17, 15) is 0 Å². The second-order valence-electron chi connectivity index (χ2n) is 6.28. The van der Waals surface area contributed by atoms with E-state index in [1.165, 1.54) is 38.5 Å². The summed E-state index contributed by atoms with van der Waals surface area (Å²) in [5, 5.41) is 3.50. The van der Waals surface area contributed by atoms with E-state index in [0.717, 1.165) is 24.7 Å². The van der Waals surface area contributed by atoms with Gasteiger partial charge in [0.15, 0.2) is 11.6 Å². The molecule has 1 aliphatic heterocycles. The monoisotopic (exact) mass is 275 g/mol. The number of anilines is 3. The average Bonchev–Trinajstić information content (AvgIpc) is 2.94. The summed E-state index contributed by atoms with van der Waals surface area (Å²) < 4.78 is 0. The van der Waals surface area contributed by atoms with Crippen LogP contribution < -0.4 is 16.0 Å². The van der Waals surface area contributed by atoms with Crippen LogP contribution in [0.15, 0.2) is 6.33 Å². The largest absolute Gasteiger partial charge is 0.393 e. The van der Waals surface area contributed by atoms with Gasteiger partial charge in [-0.15, -0.1) is 0 Å². The van der Waals surface area contributed by atoms with E-state index in [1.807, 2.05) is 0 Å². The molecule has 2 heterocycles. The number of nitrogen functional groups attached to an aromatic ring is 1. The second kappa shape index (κ2) is 5.85. The molecule has 110 valence electrons. The van der Waals surface area contributed by atoms with Gasteiger partial charge in [0.1, 0.15) is 12.0 Å². The van der Waals surface area contributed by atoms with Crippen LogP contribution in [0.5, 0.6) is 0 Å². The van der Waals surface area contributed by atoms with Gasteiger partial charge in [-0.2, -0.15) is 0 Å². The highest BCUT2D eigenvalue weighted by molar-refractivity contribution is 5.75. The van der Waals surface area contributed by atoms with Crippen molar-refractivity contribution < 1.29 is 0 Å². The zero-order valence-corrected chi connectivity index (χ0v) is 12.3. The van der Waals surface area contributed by atoms with Crippen LogP contribution in [-0.2, 0) is 0 Å². The number of piperidine rings is 1. The lowest BCUT2D eigenvalue weighted by Gasteiger charge is -2.32. The van der Waals surface area contributed by atoms with Crippen LogP contribution in [0.25, 0.3) is 0 Å². The van der Waals surface area contributed by atoms with Crippen LogP contribution in [0.2, 0.25) is 0 Å². The fraction of sp³-hybridized carbons (Fsp3) is 0.733. The van der Waals surface area contributed by atoms with Crippen molar-refractivity contribution in [2.75, 3.05) is 29.0 Å². The first-order valence-electron chi connectivity index (χ1n) is 7.86. The van der Waals surface area contributed by atoms with Gasteiger partial charge >= 0.3 is 0 Å². The number of hydrogen-bond donors (Lipinski definition) is 2. The molecular formula is C15H25N5. The number of rotatable bonds is 3. The Balaban J connectivity index is 1.77. The van der Waals surface area contributed by atoms with E-state index in [2.05, 4.69) is 27.1 Å². The standard InChI is InChI=1S/C15H25N5/c1-11-5-4-8-20(9-11)15-13(16)14(17-10-18-15)19-12-6-2-3-7-12/h10-12H,2-9,16H2,1H3,(H,17,18,19). The first-order chi connectivity index (χ1) is 9.74. The summed E-state index contributed by atoms with van der Waals surface area (Å²) in [5.41, 5.74) is 7.02. The predicted octanol–water partition coefficient (Wildman–Crippen LogP) is 2.65. The van der Waals surface area contributed by atoms with E-state index in [0.29, 0.717) is 17.6 Å². The number of aromatic nitrogens is 2. The highest BCUT2D eigenvalue weighted by atomic mass is 15.2. The van der Waals surface area contributed by atoms with E-state index in [-0.39, 0.29) is 0 Å². The zero-order chi connectivity index (χ0) is 13.9. The van der Waals surface area contributed by atoms with Crippen molar-refractivity contribution in [1.29, 1.82) is 0 Å². The molecule has 3 N–H and O–H groups in total. The fourth-order valence-electron chi connectivity index (χ4n) is 3.40. The van der Waals surface area contributed by atoms with Crippen LogP contribution in [0.4, 0.5) is 17.3 Å². The van der Waals surface area contributed by atoms with Gasteiger partial charge in [0.25, 0.3) is 0 Å². The van der Waals surface area contributed by atoms with Gasteiger partial charge in [0.2, 0.25) is 0 Å². The van der Waals surface area contributed by atoms with Crippen molar-refractivity contribution in [3.63, 3.8) is 0 Å². The van der Waals surface area contributed by atoms with Crippen molar-refractivity contribution in [2.45, 2.75) is 51.5 Å². The van der Waals surface area contributed by atoms with Crippen molar-refractivity contribution in [3.05, 3.63) is 6.33 Å².